The zero-order valence-corrected chi connectivity index (χ0v) is 13.3. The Kier molecular flexibility index (Phi) is 4.53. The summed E-state index contributed by atoms with van der Waals surface area (Å²) in [7, 11) is 1.70. The molecule has 2 aromatic rings. The van der Waals surface area contributed by atoms with Crippen LogP contribution in [0.1, 0.15) is 20.8 Å². The fraction of sp³-hybridized carbons (Fsp3) is 0.333. The lowest BCUT2D eigenvalue weighted by Gasteiger charge is -2.22. The third-order valence-electron chi connectivity index (χ3n) is 2.63. The first kappa shape index (κ1) is 16.7. The molecular weight excluding hydrogens is 306 g/mol. The minimum absolute atomic E-state index is 0.0253. The number of benzene rings is 1. The number of hydrogen-bond acceptors (Lipinski definition) is 3. The zero-order valence-electron chi connectivity index (χ0n) is 13.3. The number of rotatable bonds is 3. The number of aryl methyl sites for hydroxylation is 1. The Balaban J connectivity index is 2.10. The van der Waals surface area contributed by atoms with E-state index >= 15 is 0 Å². The number of carbonyl (C=O) groups is 1. The monoisotopic (exact) mass is 324 g/mol. The van der Waals surface area contributed by atoms with Crippen molar-refractivity contribution in [2.75, 3.05) is 10.6 Å². The number of halogens is 2. The number of anilines is 2. The van der Waals surface area contributed by atoms with Crippen LogP contribution in [0.25, 0.3) is 0 Å². The molecule has 0 unspecified atom stereocenters. The fourth-order valence-electron chi connectivity index (χ4n) is 1.81. The van der Waals surface area contributed by atoms with E-state index in [1.807, 2.05) is 0 Å². The Hall–Kier alpha value is -2.64. The summed E-state index contributed by atoms with van der Waals surface area (Å²) in [6, 6.07) is 1.35. The number of urea groups is 1. The van der Waals surface area contributed by atoms with Crippen LogP contribution in [0.5, 0.6) is 5.75 Å². The lowest BCUT2D eigenvalue weighted by atomic mass is 10.2. The van der Waals surface area contributed by atoms with Gasteiger partial charge in [-0.15, -0.1) is 0 Å². The maximum Gasteiger partial charge on any atom is 0.323 e. The van der Waals surface area contributed by atoms with Crippen LogP contribution in [0.3, 0.4) is 0 Å². The van der Waals surface area contributed by atoms with Crippen LogP contribution in [0.4, 0.5) is 25.0 Å². The third-order valence-corrected chi connectivity index (χ3v) is 2.63. The Morgan fingerprint density at radius 3 is 2.22 bits per heavy atom. The molecule has 2 amide bonds. The molecule has 1 heterocycles. The van der Waals surface area contributed by atoms with Crippen molar-refractivity contribution in [1.29, 1.82) is 0 Å². The number of hydrogen-bond donors (Lipinski definition) is 2. The molecule has 0 spiro atoms. The largest absolute Gasteiger partial charge is 0.482 e. The Labute approximate surface area is 132 Å². The summed E-state index contributed by atoms with van der Waals surface area (Å²) in [6.07, 6.45) is 3.03. The topological polar surface area (TPSA) is 68.2 Å². The average molecular weight is 324 g/mol. The number of amides is 2. The van der Waals surface area contributed by atoms with Gasteiger partial charge in [-0.3, -0.25) is 4.68 Å². The van der Waals surface area contributed by atoms with Crippen LogP contribution in [0, 0.1) is 11.6 Å². The van der Waals surface area contributed by atoms with E-state index in [1.54, 1.807) is 34.0 Å². The first-order valence-corrected chi connectivity index (χ1v) is 6.89. The predicted molar refractivity (Wildman–Crippen MR) is 82.6 cm³/mol. The summed E-state index contributed by atoms with van der Waals surface area (Å²) in [5, 5.41) is 8.73. The van der Waals surface area contributed by atoms with E-state index in [4.69, 9.17) is 4.74 Å². The van der Waals surface area contributed by atoms with E-state index in [0.29, 0.717) is 5.69 Å². The molecule has 6 nitrogen and oxygen atoms in total. The van der Waals surface area contributed by atoms with Crippen molar-refractivity contribution in [2.24, 2.45) is 7.05 Å². The number of carbonyl (C=O) groups excluding carboxylic acids is 1. The van der Waals surface area contributed by atoms with Crippen molar-refractivity contribution in [3.05, 3.63) is 36.2 Å². The highest BCUT2D eigenvalue weighted by Gasteiger charge is 2.20. The normalized spacial score (nSPS) is 11.2. The molecule has 23 heavy (non-hydrogen) atoms. The number of aromatic nitrogens is 2. The smallest absolute Gasteiger partial charge is 0.323 e. The van der Waals surface area contributed by atoms with Gasteiger partial charge in [-0.05, 0) is 20.8 Å². The molecule has 0 saturated heterocycles. The molecule has 0 atom stereocenters. The lowest BCUT2D eigenvalue weighted by molar-refractivity contribution is 0.117. The highest BCUT2D eigenvalue weighted by atomic mass is 19.1. The fourth-order valence-corrected chi connectivity index (χ4v) is 1.81. The molecule has 0 radical (unpaired) electrons. The van der Waals surface area contributed by atoms with Gasteiger partial charge in [-0.2, -0.15) is 5.10 Å². The van der Waals surface area contributed by atoms with E-state index in [-0.39, 0.29) is 5.69 Å². The molecule has 0 aliphatic heterocycles. The van der Waals surface area contributed by atoms with Crippen LogP contribution in [-0.4, -0.2) is 21.4 Å². The molecule has 2 rings (SSSR count). The molecule has 0 aliphatic carbocycles. The molecule has 2 N–H and O–H groups in total. The standard InChI is InChI=1S/C15H18F2N4O2/c1-15(2,3)23-13-11(16)5-9(6-12(13)17)19-14(22)20-10-7-18-21(4)8-10/h5-8H,1-4H3,(H2,19,20,22). The molecule has 1 aromatic heterocycles. The van der Waals surface area contributed by atoms with Crippen molar-refractivity contribution in [2.45, 2.75) is 26.4 Å². The van der Waals surface area contributed by atoms with Gasteiger partial charge in [0.25, 0.3) is 0 Å². The third kappa shape index (κ3) is 4.67. The Morgan fingerprint density at radius 1 is 1.17 bits per heavy atom. The second kappa shape index (κ2) is 6.23. The van der Waals surface area contributed by atoms with E-state index < -0.39 is 29.0 Å². The summed E-state index contributed by atoms with van der Waals surface area (Å²) in [5.74, 6) is -2.26. The SMILES string of the molecule is Cn1cc(NC(=O)Nc2cc(F)c(OC(C)(C)C)c(F)c2)cn1. The highest BCUT2D eigenvalue weighted by molar-refractivity contribution is 5.99. The van der Waals surface area contributed by atoms with Crippen LogP contribution in [0.2, 0.25) is 0 Å². The summed E-state index contributed by atoms with van der Waals surface area (Å²) < 4.78 is 34.7. The number of nitrogens with zero attached hydrogens (tertiary/aromatic N) is 2. The van der Waals surface area contributed by atoms with Gasteiger partial charge < -0.3 is 15.4 Å². The predicted octanol–water partition coefficient (Wildman–Crippen LogP) is 3.52. The second-order valence-electron chi connectivity index (χ2n) is 5.97. The maximum atomic E-state index is 14.0. The van der Waals surface area contributed by atoms with E-state index in [2.05, 4.69) is 15.7 Å². The molecule has 1 aromatic carbocycles. The first-order valence-electron chi connectivity index (χ1n) is 6.89. The van der Waals surface area contributed by atoms with Gasteiger partial charge in [-0.1, -0.05) is 0 Å². The van der Waals surface area contributed by atoms with Gasteiger partial charge in [0.2, 0.25) is 0 Å². The number of ether oxygens (including phenoxy) is 1. The van der Waals surface area contributed by atoms with E-state index in [9.17, 15) is 13.6 Å². The van der Waals surface area contributed by atoms with Gasteiger partial charge in [0, 0.05) is 31.1 Å². The summed E-state index contributed by atoms with van der Waals surface area (Å²) in [6.45, 7) is 5.04. The molecular formula is C15H18F2N4O2. The Bertz CT molecular complexity index is 700. The minimum Gasteiger partial charge on any atom is -0.482 e. The second-order valence-corrected chi connectivity index (χ2v) is 5.97. The van der Waals surface area contributed by atoms with Gasteiger partial charge in [0.1, 0.15) is 5.60 Å². The first-order chi connectivity index (χ1) is 10.6. The molecule has 0 fully saturated rings. The lowest BCUT2D eigenvalue weighted by Crippen LogP contribution is -2.24. The Morgan fingerprint density at radius 2 is 1.74 bits per heavy atom. The summed E-state index contributed by atoms with van der Waals surface area (Å²) in [4.78, 5) is 11.8. The van der Waals surface area contributed by atoms with Crippen molar-refractivity contribution in [3.8, 4) is 5.75 Å². The van der Waals surface area contributed by atoms with Crippen molar-refractivity contribution in [1.82, 2.24) is 9.78 Å². The van der Waals surface area contributed by atoms with Crippen LogP contribution >= 0.6 is 0 Å². The molecule has 0 saturated carbocycles. The minimum atomic E-state index is -0.892. The number of nitrogens with one attached hydrogen (secondary N) is 2. The van der Waals surface area contributed by atoms with Crippen LogP contribution in [0.15, 0.2) is 24.5 Å². The molecule has 0 aliphatic rings. The van der Waals surface area contributed by atoms with E-state index in [0.717, 1.165) is 12.1 Å². The van der Waals surface area contributed by atoms with Gasteiger partial charge in [0.05, 0.1) is 11.9 Å². The van der Waals surface area contributed by atoms with Crippen LogP contribution in [-0.2, 0) is 7.05 Å². The summed E-state index contributed by atoms with van der Waals surface area (Å²) >= 11 is 0. The molecule has 8 heteroatoms. The zero-order chi connectivity index (χ0) is 17.2. The quantitative estimate of drug-likeness (QED) is 0.907. The highest BCUT2D eigenvalue weighted by Crippen LogP contribution is 2.28. The van der Waals surface area contributed by atoms with Gasteiger partial charge >= 0.3 is 6.03 Å². The van der Waals surface area contributed by atoms with Crippen molar-refractivity contribution < 1.29 is 18.3 Å². The summed E-state index contributed by atoms with van der Waals surface area (Å²) in [5.41, 5.74) is -0.310. The molecule has 124 valence electrons. The van der Waals surface area contributed by atoms with Gasteiger partial charge in [0.15, 0.2) is 17.4 Å². The van der Waals surface area contributed by atoms with Crippen LogP contribution < -0.4 is 15.4 Å². The van der Waals surface area contributed by atoms with Gasteiger partial charge in [-0.25, -0.2) is 13.6 Å². The maximum absolute atomic E-state index is 14.0. The van der Waals surface area contributed by atoms with Crippen molar-refractivity contribution >= 4 is 17.4 Å². The van der Waals surface area contributed by atoms with Crippen molar-refractivity contribution in [3.63, 3.8) is 0 Å². The average Bonchev–Trinajstić information content (AvgIpc) is 2.78. The van der Waals surface area contributed by atoms with E-state index in [1.165, 1.54) is 10.9 Å². The molecule has 0 bridgehead atoms.